The predicted molar refractivity (Wildman–Crippen MR) is 117 cm³/mol. The fourth-order valence-electron chi connectivity index (χ4n) is 3.30. The van der Waals surface area contributed by atoms with Crippen molar-refractivity contribution >= 4 is 38.9 Å². The molecule has 31 heavy (non-hydrogen) atoms. The minimum absolute atomic E-state index is 0.0121. The van der Waals surface area contributed by atoms with Gasteiger partial charge >= 0.3 is 0 Å². The molecule has 1 fully saturated rings. The van der Waals surface area contributed by atoms with Crippen molar-refractivity contribution in [1.29, 1.82) is 0 Å². The number of aryl methyl sites for hydroxylation is 1. The van der Waals surface area contributed by atoms with Crippen LogP contribution in [-0.2, 0) is 19.4 Å². The van der Waals surface area contributed by atoms with Crippen LogP contribution in [0, 0.1) is 6.92 Å². The quantitative estimate of drug-likeness (QED) is 0.702. The Hall–Kier alpha value is -2.72. The Morgan fingerprint density at radius 1 is 1.03 bits per heavy atom. The van der Waals surface area contributed by atoms with Crippen molar-refractivity contribution in [1.82, 2.24) is 15.1 Å². The summed E-state index contributed by atoms with van der Waals surface area (Å²) in [4.78, 5) is 41.1. The topological polar surface area (TPSA) is 104 Å². The first-order valence-electron chi connectivity index (χ1n) is 9.95. The Labute approximate surface area is 185 Å². The number of hydrogen-bond acceptors (Lipinski definition) is 6. The molecule has 3 amide bonds. The number of hydrogen-bond donors (Lipinski definition) is 1. The molecule has 0 radical (unpaired) electrons. The zero-order chi connectivity index (χ0) is 22.6. The van der Waals surface area contributed by atoms with Gasteiger partial charge < -0.3 is 15.1 Å². The van der Waals surface area contributed by atoms with Crippen molar-refractivity contribution in [3.63, 3.8) is 0 Å². The van der Waals surface area contributed by atoms with Crippen molar-refractivity contribution < 1.29 is 22.8 Å². The Morgan fingerprint density at radius 3 is 2.19 bits per heavy atom. The highest BCUT2D eigenvalue weighted by Crippen LogP contribution is 2.19. The lowest BCUT2D eigenvalue weighted by molar-refractivity contribution is -0.139. The third kappa shape index (κ3) is 5.13. The van der Waals surface area contributed by atoms with Crippen LogP contribution in [0.15, 0.2) is 46.7 Å². The van der Waals surface area contributed by atoms with Crippen molar-refractivity contribution in [3.8, 4) is 0 Å². The van der Waals surface area contributed by atoms with Crippen molar-refractivity contribution in [3.05, 3.63) is 52.2 Å². The lowest BCUT2D eigenvalue weighted by Crippen LogP contribution is -2.57. The summed E-state index contributed by atoms with van der Waals surface area (Å²) in [6, 6.07) is 9.39. The molecule has 8 nitrogen and oxygen atoms in total. The molecule has 0 unspecified atom stereocenters. The fraction of sp³-hybridized carbons (Fsp3) is 0.381. The molecule has 166 valence electrons. The van der Waals surface area contributed by atoms with Crippen LogP contribution in [0.5, 0.6) is 0 Å². The van der Waals surface area contributed by atoms with Gasteiger partial charge in [0, 0.05) is 32.6 Å². The number of rotatable bonds is 6. The van der Waals surface area contributed by atoms with Crippen LogP contribution in [0.2, 0.25) is 0 Å². The average molecular weight is 464 g/mol. The molecule has 1 aliphatic heterocycles. The van der Waals surface area contributed by atoms with Crippen LogP contribution < -0.4 is 5.32 Å². The molecule has 1 saturated heterocycles. The first-order chi connectivity index (χ1) is 14.7. The van der Waals surface area contributed by atoms with E-state index >= 15 is 0 Å². The number of sulfone groups is 1. The van der Waals surface area contributed by atoms with Crippen LogP contribution in [0.4, 0.5) is 0 Å². The standard InChI is InChI=1S/C21H25N3O5S2/c1-3-18(25)23-10-12-24(13-11-23)21(27)20(22-19(26)17-5-4-14-30-17)31(28,29)16-8-6-15(2)7-9-16/h4-9,14,20H,3,10-13H2,1-2H3,(H,22,26)/t20-/m1/s1. The molecule has 3 rings (SSSR count). The molecule has 0 spiro atoms. The first-order valence-corrected chi connectivity index (χ1v) is 12.4. The Morgan fingerprint density at radius 2 is 1.65 bits per heavy atom. The summed E-state index contributed by atoms with van der Waals surface area (Å²) < 4.78 is 26.7. The predicted octanol–water partition coefficient (Wildman–Crippen LogP) is 1.67. The van der Waals surface area contributed by atoms with Crippen molar-refractivity contribution in [2.75, 3.05) is 26.2 Å². The molecular weight excluding hydrogens is 438 g/mol. The maximum absolute atomic E-state index is 13.3. The fourth-order valence-corrected chi connectivity index (χ4v) is 5.39. The van der Waals surface area contributed by atoms with E-state index in [1.54, 1.807) is 41.5 Å². The molecule has 1 aromatic carbocycles. The molecule has 2 aromatic rings. The van der Waals surface area contributed by atoms with E-state index in [1.807, 2.05) is 6.92 Å². The van der Waals surface area contributed by atoms with Crippen LogP contribution in [-0.4, -0.2) is 67.5 Å². The second-order valence-electron chi connectivity index (χ2n) is 7.25. The zero-order valence-electron chi connectivity index (χ0n) is 17.4. The number of thiophene rings is 1. The highest BCUT2D eigenvalue weighted by atomic mass is 32.2. The Kier molecular flexibility index (Phi) is 7.11. The lowest BCUT2D eigenvalue weighted by atomic mass is 10.2. The molecule has 1 aliphatic rings. The SMILES string of the molecule is CCC(=O)N1CCN(C(=O)[C@H](NC(=O)c2cccs2)S(=O)(=O)c2ccc(C)cc2)CC1. The zero-order valence-corrected chi connectivity index (χ0v) is 19.0. The second kappa shape index (κ2) is 9.61. The normalized spacial score (nSPS) is 15.4. The number of piperazine rings is 1. The number of benzene rings is 1. The van der Waals surface area contributed by atoms with E-state index in [0.717, 1.165) is 16.9 Å². The Bertz CT molecular complexity index is 1040. The van der Waals surface area contributed by atoms with Crippen LogP contribution in [0.25, 0.3) is 0 Å². The third-order valence-electron chi connectivity index (χ3n) is 5.14. The van der Waals surface area contributed by atoms with E-state index in [2.05, 4.69) is 5.32 Å². The van der Waals surface area contributed by atoms with E-state index in [9.17, 15) is 22.8 Å². The van der Waals surface area contributed by atoms with Gasteiger partial charge in [0.05, 0.1) is 9.77 Å². The van der Waals surface area contributed by atoms with E-state index in [0.29, 0.717) is 24.4 Å². The summed E-state index contributed by atoms with van der Waals surface area (Å²) in [5, 5.41) is 2.37. The van der Waals surface area contributed by atoms with E-state index in [-0.39, 0.29) is 23.9 Å². The highest BCUT2D eigenvalue weighted by molar-refractivity contribution is 7.92. The third-order valence-corrected chi connectivity index (χ3v) is 7.88. The van der Waals surface area contributed by atoms with E-state index in [1.165, 1.54) is 17.0 Å². The smallest absolute Gasteiger partial charge is 0.262 e. The first kappa shape index (κ1) is 23.0. The number of amides is 3. The van der Waals surface area contributed by atoms with Gasteiger partial charge in [0.2, 0.25) is 21.1 Å². The number of carbonyl (C=O) groups is 3. The molecule has 0 aliphatic carbocycles. The number of nitrogens with zero attached hydrogens (tertiary/aromatic N) is 2. The van der Waals surface area contributed by atoms with E-state index in [4.69, 9.17) is 0 Å². The summed E-state index contributed by atoms with van der Waals surface area (Å²) in [6.45, 7) is 4.67. The van der Waals surface area contributed by atoms with Gasteiger partial charge in [-0.15, -0.1) is 11.3 Å². The van der Waals surface area contributed by atoms with Gasteiger partial charge in [0.25, 0.3) is 11.8 Å². The maximum atomic E-state index is 13.3. The van der Waals surface area contributed by atoms with Gasteiger partial charge in [0.15, 0.2) is 0 Å². The summed E-state index contributed by atoms with van der Waals surface area (Å²) in [5.74, 6) is -1.33. The molecule has 0 bridgehead atoms. The van der Waals surface area contributed by atoms with Crippen LogP contribution in [0.1, 0.15) is 28.6 Å². The lowest BCUT2D eigenvalue weighted by Gasteiger charge is -2.36. The van der Waals surface area contributed by atoms with Crippen molar-refractivity contribution in [2.45, 2.75) is 30.5 Å². The minimum Gasteiger partial charge on any atom is -0.339 e. The molecule has 1 N–H and O–H groups in total. The molecular formula is C21H25N3O5S2. The molecule has 0 saturated carbocycles. The highest BCUT2D eigenvalue weighted by Gasteiger charge is 2.39. The monoisotopic (exact) mass is 463 g/mol. The molecule has 1 atom stereocenters. The van der Waals surface area contributed by atoms with Gasteiger partial charge in [-0.2, -0.15) is 0 Å². The Balaban J connectivity index is 1.86. The van der Waals surface area contributed by atoms with Gasteiger partial charge in [-0.3, -0.25) is 14.4 Å². The summed E-state index contributed by atoms with van der Waals surface area (Å²) in [7, 11) is -4.19. The average Bonchev–Trinajstić information content (AvgIpc) is 3.32. The van der Waals surface area contributed by atoms with E-state index < -0.39 is 27.0 Å². The number of nitrogens with one attached hydrogen (secondary N) is 1. The van der Waals surface area contributed by atoms with Crippen LogP contribution >= 0.6 is 11.3 Å². The minimum atomic E-state index is -4.19. The van der Waals surface area contributed by atoms with Gasteiger partial charge in [-0.1, -0.05) is 30.7 Å². The van der Waals surface area contributed by atoms with Gasteiger partial charge in [-0.25, -0.2) is 8.42 Å². The second-order valence-corrected chi connectivity index (χ2v) is 10.2. The van der Waals surface area contributed by atoms with Gasteiger partial charge in [0.1, 0.15) is 0 Å². The van der Waals surface area contributed by atoms with Gasteiger partial charge in [-0.05, 0) is 30.5 Å². The molecule has 10 heteroatoms. The molecule has 2 heterocycles. The van der Waals surface area contributed by atoms with Crippen LogP contribution in [0.3, 0.4) is 0 Å². The summed E-state index contributed by atoms with van der Waals surface area (Å²) in [6.07, 6.45) is 0.370. The molecule has 1 aromatic heterocycles. The summed E-state index contributed by atoms with van der Waals surface area (Å²) >= 11 is 1.16. The number of carbonyl (C=O) groups excluding carboxylic acids is 3. The maximum Gasteiger partial charge on any atom is 0.262 e. The van der Waals surface area contributed by atoms with Crippen molar-refractivity contribution in [2.24, 2.45) is 0 Å². The summed E-state index contributed by atoms with van der Waals surface area (Å²) in [5.41, 5.74) is 0.876. The largest absolute Gasteiger partial charge is 0.339 e.